The summed E-state index contributed by atoms with van der Waals surface area (Å²) in [5.74, 6) is -0.166. The highest BCUT2D eigenvalue weighted by Crippen LogP contribution is 2.29. The molecule has 0 saturated heterocycles. The van der Waals surface area contributed by atoms with Crippen molar-refractivity contribution in [2.75, 3.05) is 0 Å². The topological polar surface area (TPSA) is 26.0 Å². The Morgan fingerprint density at radius 2 is 2.20 bits per heavy atom. The van der Waals surface area contributed by atoms with Gasteiger partial charge in [-0.2, -0.15) is 0 Å². The van der Waals surface area contributed by atoms with E-state index in [1.807, 2.05) is 0 Å². The Morgan fingerprint density at radius 1 is 1.40 bits per heavy atom. The Hall–Kier alpha value is -1.06. The molecule has 15 heavy (non-hydrogen) atoms. The van der Waals surface area contributed by atoms with Crippen LogP contribution in [0.2, 0.25) is 5.22 Å². The van der Waals surface area contributed by atoms with Crippen LogP contribution in [0.1, 0.15) is 5.56 Å². The summed E-state index contributed by atoms with van der Waals surface area (Å²) in [4.78, 5) is 0. The minimum absolute atomic E-state index is 0.143. The van der Waals surface area contributed by atoms with Crippen LogP contribution in [0, 0.1) is 5.82 Å². The van der Waals surface area contributed by atoms with Crippen molar-refractivity contribution in [3.05, 3.63) is 40.9 Å². The SMILES string of the molecule is Fc1cccc(-c2noc(Cl)c2CCl)c1. The van der Waals surface area contributed by atoms with Crippen LogP contribution in [0.4, 0.5) is 4.39 Å². The summed E-state index contributed by atoms with van der Waals surface area (Å²) in [5.41, 5.74) is 1.65. The molecule has 0 aliphatic rings. The zero-order valence-corrected chi connectivity index (χ0v) is 9.02. The minimum Gasteiger partial charge on any atom is -0.343 e. The number of hydrogen-bond acceptors (Lipinski definition) is 2. The Kier molecular flexibility index (Phi) is 2.93. The zero-order chi connectivity index (χ0) is 10.8. The molecule has 2 rings (SSSR count). The molecule has 78 valence electrons. The van der Waals surface area contributed by atoms with Crippen LogP contribution in [-0.4, -0.2) is 5.16 Å². The standard InChI is InChI=1S/C10H6Cl2FNO/c11-5-8-9(14-15-10(8)12)6-2-1-3-7(13)4-6/h1-4H,5H2. The second-order valence-corrected chi connectivity index (χ2v) is 3.54. The predicted molar refractivity (Wildman–Crippen MR) is 56.5 cm³/mol. The molecule has 0 atom stereocenters. The first-order chi connectivity index (χ1) is 7.22. The van der Waals surface area contributed by atoms with Crippen molar-refractivity contribution in [2.24, 2.45) is 0 Å². The molecule has 2 aromatic rings. The van der Waals surface area contributed by atoms with E-state index in [1.165, 1.54) is 12.1 Å². The molecule has 0 fully saturated rings. The zero-order valence-electron chi connectivity index (χ0n) is 7.51. The molecule has 0 aliphatic carbocycles. The maximum Gasteiger partial charge on any atom is 0.231 e. The van der Waals surface area contributed by atoms with Crippen LogP contribution in [0.15, 0.2) is 28.8 Å². The minimum atomic E-state index is -0.341. The molecule has 0 spiro atoms. The van der Waals surface area contributed by atoms with Gasteiger partial charge in [-0.05, 0) is 23.7 Å². The molecule has 5 heteroatoms. The molecule has 0 N–H and O–H groups in total. The lowest BCUT2D eigenvalue weighted by Gasteiger charge is -1.98. The molecule has 0 saturated carbocycles. The second-order valence-electron chi connectivity index (χ2n) is 2.93. The van der Waals surface area contributed by atoms with Gasteiger partial charge in [0.2, 0.25) is 5.22 Å². The van der Waals surface area contributed by atoms with Crippen molar-refractivity contribution < 1.29 is 8.91 Å². The van der Waals surface area contributed by atoms with E-state index in [4.69, 9.17) is 27.7 Å². The van der Waals surface area contributed by atoms with E-state index in [1.54, 1.807) is 12.1 Å². The van der Waals surface area contributed by atoms with Crippen LogP contribution < -0.4 is 0 Å². The van der Waals surface area contributed by atoms with Crippen molar-refractivity contribution in [2.45, 2.75) is 5.88 Å². The summed E-state index contributed by atoms with van der Waals surface area (Å²) >= 11 is 11.4. The van der Waals surface area contributed by atoms with Crippen molar-refractivity contribution in [1.29, 1.82) is 0 Å². The van der Waals surface area contributed by atoms with Crippen LogP contribution in [0.3, 0.4) is 0 Å². The number of alkyl halides is 1. The average molecular weight is 246 g/mol. The molecule has 0 amide bonds. The van der Waals surface area contributed by atoms with Crippen molar-refractivity contribution in [1.82, 2.24) is 5.16 Å². The first-order valence-electron chi connectivity index (χ1n) is 4.18. The fraction of sp³-hybridized carbons (Fsp3) is 0.100. The van der Waals surface area contributed by atoms with Gasteiger partial charge in [0.1, 0.15) is 11.5 Å². The van der Waals surface area contributed by atoms with Crippen molar-refractivity contribution in [3.8, 4) is 11.3 Å². The third kappa shape index (κ3) is 1.98. The largest absolute Gasteiger partial charge is 0.343 e. The molecule has 1 aromatic carbocycles. The Balaban J connectivity index is 2.54. The third-order valence-electron chi connectivity index (χ3n) is 1.97. The van der Waals surface area contributed by atoms with Gasteiger partial charge in [0, 0.05) is 5.56 Å². The van der Waals surface area contributed by atoms with E-state index in [2.05, 4.69) is 5.16 Å². The lowest BCUT2D eigenvalue weighted by Crippen LogP contribution is -1.84. The lowest BCUT2D eigenvalue weighted by atomic mass is 10.1. The Morgan fingerprint density at radius 3 is 2.87 bits per heavy atom. The van der Waals surface area contributed by atoms with Gasteiger partial charge < -0.3 is 4.52 Å². The number of rotatable bonds is 2. The van der Waals surface area contributed by atoms with E-state index < -0.39 is 0 Å². The lowest BCUT2D eigenvalue weighted by molar-refractivity contribution is 0.423. The number of benzene rings is 1. The second kappa shape index (κ2) is 4.21. The first kappa shape index (κ1) is 10.5. The van der Waals surface area contributed by atoms with Gasteiger partial charge in [0.05, 0.1) is 11.4 Å². The van der Waals surface area contributed by atoms with E-state index >= 15 is 0 Å². The monoisotopic (exact) mass is 245 g/mol. The van der Waals surface area contributed by atoms with Gasteiger partial charge in [0.15, 0.2) is 0 Å². The van der Waals surface area contributed by atoms with E-state index in [0.29, 0.717) is 16.8 Å². The number of aromatic nitrogens is 1. The fourth-order valence-corrected chi connectivity index (χ4v) is 1.77. The summed E-state index contributed by atoms with van der Waals surface area (Å²) in [6.07, 6.45) is 0. The average Bonchev–Trinajstić information content (AvgIpc) is 2.59. The summed E-state index contributed by atoms with van der Waals surface area (Å²) in [5, 5.41) is 3.88. The van der Waals surface area contributed by atoms with Gasteiger partial charge in [0.25, 0.3) is 0 Å². The number of nitrogens with zero attached hydrogens (tertiary/aromatic N) is 1. The summed E-state index contributed by atoms with van der Waals surface area (Å²) < 4.78 is 17.8. The Labute approximate surface area is 95.6 Å². The molecule has 0 bridgehead atoms. The van der Waals surface area contributed by atoms with Crippen LogP contribution in [0.25, 0.3) is 11.3 Å². The van der Waals surface area contributed by atoms with Crippen LogP contribution >= 0.6 is 23.2 Å². The normalized spacial score (nSPS) is 10.6. The Bertz CT molecular complexity index is 484. The van der Waals surface area contributed by atoms with Gasteiger partial charge in [-0.1, -0.05) is 17.3 Å². The van der Waals surface area contributed by atoms with Gasteiger partial charge in [-0.25, -0.2) is 4.39 Å². The first-order valence-corrected chi connectivity index (χ1v) is 5.09. The number of hydrogen-bond donors (Lipinski definition) is 0. The smallest absolute Gasteiger partial charge is 0.231 e. The fourth-order valence-electron chi connectivity index (χ4n) is 1.27. The van der Waals surface area contributed by atoms with E-state index in [0.717, 1.165) is 0 Å². The highest BCUT2D eigenvalue weighted by molar-refractivity contribution is 6.31. The maximum atomic E-state index is 13.0. The molecular formula is C10H6Cl2FNO. The highest BCUT2D eigenvalue weighted by atomic mass is 35.5. The molecule has 2 nitrogen and oxygen atoms in total. The van der Waals surface area contributed by atoms with Gasteiger partial charge in [-0.3, -0.25) is 0 Å². The molecule has 1 aromatic heterocycles. The van der Waals surface area contributed by atoms with Gasteiger partial charge in [-0.15, -0.1) is 11.6 Å². The number of halogens is 3. The highest BCUT2D eigenvalue weighted by Gasteiger charge is 2.15. The van der Waals surface area contributed by atoms with Crippen LogP contribution in [0.5, 0.6) is 0 Å². The molecule has 0 unspecified atom stereocenters. The van der Waals surface area contributed by atoms with Crippen molar-refractivity contribution >= 4 is 23.2 Å². The van der Waals surface area contributed by atoms with Gasteiger partial charge >= 0.3 is 0 Å². The third-order valence-corrected chi connectivity index (χ3v) is 2.54. The molecular weight excluding hydrogens is 240 g/mol. The van der Waals surface area contributed by atoms with E-state index in [9.17, 15) is 4.39 Å². The molecule has 0 radical (unpaired) electrons. The molecule has 0 aliphatic heterocycles. The molecule has 1 heterocycles. The quantitative estimate of drug-likeness (QED) is 0.751. The summed E-state index contributed by atoms with van der Waals surface area (Å²) in [7, 11) is 0. The summed E-state index contributed by atoms with van der Waals surface area (Å²) in [6, 6.07) is 6.01. The van der Waals surface area contributed by atoms with Crippen molar-refractivity contribution in [3.63, 3.8) is 0 Å². The van der Waals surface area contributed by atoms with E-state index in [-0.39, 0.29) is 16.9 Å². The predicted octanol–water partition coefficient (Wildman–Crippen LogP) is 3.87. The maximum absolute atomic E-state index is 13.0. The van der Waals surface area contributed by atoms with Crippen LogP contribution in [-0.2, 0) is 5.88 Å². The summed E-state index contributed by atoms with van der Waals surface area (Å²) in [6.45, 7) is 0.